The maximum atomic E-state index is 12.5. The van der Waals surface area contributed by atoms with E-state index in [0.717, 1.165) is 0 Å². The van der Waals surface area contributed by atoms with E-state index in [1.807, 2.05) is 13.8 Å². The Balaban J connectivity index is 0.000000762. The molecule has 0 aliphatic carbocycles. The third-order valence-electron chi connectivity index (χ3n) is 4.44. The van der Waals surface area contributed by atoms with Crippen LogP contribution in [0.5, 0.6) is 0 Å². The monoisotopic (exact) mass is 503 g/mol. The van der Waals surface area contributed by atoms with E-state index in [-0.39, 0.29) is 36.6 Å². The molecule has 0 radical (unpaired) electrons. The summed E-state index contributed by atoms with van der Waals surface area (Å²) < 4.78 is 36.8. The van der Waals surface area contributed by atoms with Crippen molar-refractivity contribution in [2.24, 2.45) is 11.7 Å². The number of carboxylic acids is 1. The van der Waals surface area contributed by atoms with Crippen molar-refractivity contribution in [1.82, 2.24) is 10.6 Å². The molecule has 1 atom stereocenters. The standard InChI is InChI=1S/C19H27N5O4.C2HF3O2/c1-12(2)11-28-16(25)7-9-22-19(27)23-15-8-10-24(18(15)26)14-5-3-13(4-6-14)17(20)21;3-2(4,5)1(6)7/h3-6,12,15H,7-11H2,1-2H3,(H3,20,21)(H2,22,23,27);(H,6,7)/t15-;/m0./s1. The van der Waals surface area contributed by atoms with E-state index < -0.39 is 24.2 Å². The van der Waals surface area contributed by atoms with Gasteiger partial charge in [0, 0.05) is 24.3 Å². The van der Waals surface area contributed by atoms with Crippen molar-refractivity contribution >= 4 is 35.4 Å². The lowest BCUT2D eigenvalue weighted by molar-refractivity contribution is -0.192. The van der Waals surface area contributed by atoms with Gasteiger partial charge < -0.3 is 31.1 Å². The Hall–Kier alpha value is -3.84. The number of amidine groups is 1. The highest BCUT2D eigenvalue weighted by molar-refractivity contribution is 6.02. The molecule has 1 heterocycles. The number of carbonyl (C=O) groups is 4. The Morgan fingerprint density at radius 2 is 1.83 bits per heavy atom. The maximum absolute atomic E-state index is 12.5. The quantitative estimate of drug-likeness (QED) is 0.203. The summed E-state index contributed by atoms with van der Waals surface area (Å²) in [7, 11) is 0. The van der Waals surface area contributed by atoms with Gasteiger partial charge in [0.05, 0.1) is 13.0 Å². The van der Waals surface area contributed by atoms with Gasteiger partial charge in [0.1, 0.15) is 11.9 Å². The minimum atomic E-state index is -5.08. The molecule has 3 amide bonds. The van der Waals surface area contributed by atoms with Gasteiger partial charge in [-0.25, -0.2) is 9.59 Å². The number of hydrogen-bond donors (Lipinski definition) is 5. The summed E-state index contributed by atoms with van der Waals surface area (Å²) in [5.41, 5.74) is 6.70. The predicted octanol–water partition coefficient (Wildman–Crippen LogP) is 1.60. The number of ether oxygens (including phenoxy) is 1. The molecule has 1 saturated heterocycles. The third-order valence-corrected chi connectivity index (χ3v) is 4.44. The van der Waals surface area contributed by atoms with Crippen molar-refractivity contribution in [3.63, 3.8) is 0 Å². The van der Waals surface area contributed by atoms with Crippen LogP contribution in [0.2, 0.25) is 0 Å². The van der Waals surface area contributed by atoms with E-state index >= 15 is 0 Å². The van der Waals surface area contributed by atoms with Crippen LogP contribution in [0.3, 0.4) is 0 Å². The zero-order chi connectivity index (χ0) is 26.8. The number of aliphatic carboxylic acids is 1. The molecule has 1 aromatic rings. The van der Waals surface area contributed by atoms with Gasteiger partial charge in [-0.2, -0.15) is 13.2 Å². The van der Waals surface area contributed by atoms with E-state index in [2.05, 4.69) is 10.6 Å². The lowest BCUT2D eigenvalue weighted by Gasteiger charge is -2.18. The highest BCUT2D eigenvalue weighted by atomic mass is 19.4. The van der Waals surface area contributed by atoms with Gasteiger partial charge in [0.25, 0.3) is 0 Å². The Morgan fingerprint density at radius 1 is 1.26 bits per heavy atom. The summed E-state index contributed by atoms with van der Waals surface area (Å²) >= 11 is 0. The van der Waals surface area contributed by atoms with Crippen LogP contribution in [-0.4, -0.2) is 66.7 Å². The number of anilines is 1. The fourth-order valence-corrected chi connectivity index (χ4v) is 2.71. The maximum Gasteiger partial charge on any atom is 0.490 e. The molecule has 1 aromatic carbocycles. The molecule has 194 valence electrons. The normalized spacial score (nSPS) is 15.2. The molecule has 0 bridgehead atoms. The average Bonchev–Trinajstić information content (AvgIpc) is 3.12. The van der Waals surface area contributed by atoms with E-state index in [1.54, 1.807) is 29.2 Å². The van der Waals surface area contributed by atoms with Gasteiger partial charge in [-0.3, -0.25) is 15.0 Å². The largest absolute Gasteiger partial charge is 0.490 e. The molecule has 11 nitrogen and oxygen atoms in total. The van der Waals surface area contributed by atoms with E-state index in [1.165, 1.54) is 0 Å². The highest BCUT2D eigenvalue weighted by Gasteiger charge is 2.38. The lowest BCUT2D eigenvalue weighted by atomic mass is 10.2. The van der Waals surface area contributed by atoms with Gasteiger partial charge >= 0.3 is 24.1 Å². The van der Waals surface area contributed by atoms with Crippen LogP contribution in [0, 0.1) is 11.3 Å². The smallest absolute Gasteiger partial charge is 0.475 e. The number of nitrogens with zero attached hydrogens (tertiary/aromatic N) is 1. The number of nitrogens with one attached hydrogen (secondary N) is 3. The number of benzene rings is 1. The van der Waals surface area contributed by atoms with Crippen LogP contribution in [0.15, 0.2) is 24.3 Å². The second-order valence-corrected chi connectivity index (χ2v) is 7.82. The van der Waals surface area contributed by atoms with Crippen LogP contribution in [-0.2, 0) is 19.1 Å². The number of nitrogens with two attached hydrogens (primary N) is 1. The van der Waals surface area contributed by atoms with Gasteiger partial charge in [-0.05, 0) is 36.6 Å². The van der Waals surface area contributed by atoms with E-state index in [0.29, 0.717) is 30.8 Å². The molecule has 1 aliphatic heterocycles. The summed E-state index contributed by atoms with van der Waals surface area (Å²) in [4.78, 5) is 46.5. The predicted molar refractivity (Wildman–Crippen MR) is 119 cm³/mol. The molecular formula is C21H28F3N5O6. The molecule has 2 rings (SSSR count). The number of rotatable bonds is 8. The van der Waals surface area contributed by atoms with Crippen LogP contribution in [0.1, 0.15) is 32.3 Å². The summed E-state index contributed by atoms with van der Waals surface area (Å²) in [5.74, 6) is -3.11. The van der Waals surface area contributed by atoms with Gasteiger partial charge in [-0.1, -0.05) is 13.8 Å². The van der Waals surface area contributed by atoms with Gasteiger partial charge in [0.2, 0.25) is 5.91 Å². The van der Waals surface area contributed by atoms with Crippen molar-refractivity contribution in [3.8, 4) is 0 Å². The van der Waals surface area contributed by atoms with Crippen LogP contribution >= 0.6 is 0 Å². The second-order valence-electron chi connectivity index (χ2n) is 7.82. The van der Waals surface area contributed by atoms with Crippen molar-refractivity contribution < 1.29 is 42.2 Å². The minimum absolute atomic E-state index is 0.0383. The van der Waals surface area contributed by atoms with Crippen LogP contribution in [0.4, 0.5) is 23.7 Å². The number of carboxylic acid groups (broad SMARTS) is 1. The topological polar surface area (TPSA) is 175 Å². The lowest BCUT2D eigenvalue weighted by Crippen LogP contribution is -2.46. The first kappa shape index (κ1) is 29.2. The molecule has 35 heavy (non-hydrogen) atoms. The zero-order valence-electron chi connectivity index (χ0n) is 19.1. The van der Waals surface area contributed by atoms with Gasteiger partial charge in [-0.15, -0.1) is 0 Å². The Kier molecular flexibility index (Phi) is 11.0. The molecule has 1 aliphatic rings. The molecule has 0 aromatic heterocycles. The second kappa shape index (κ2) is 13.2. The van der Waals surface area contributed by atoms with Crippen molar-refractivity contribution in [3.05, 3.63) is 29.8 Å². The summed E-state index contributed by atoms with van der Waals surface area (Å²) in [5, 5.41) is 19.7. The molecule has 14 heteroatoms. The average molecular weight is 503 g/mol. The van der Waals surface area contributed by atoms with Crippen molar-refractivity contribution in [2.45, 2.75) is 38.9 Å². The number of esters is 1. The van der Waals surface area contributed by atoms with E-state index in [4.69, 9.17) is 25.8 Å². The molecule has 0 spiro atoms. The number of amides is 3. The Morgan fingerprint density at radius 3 is 2.31 bits per heavy atom. The van der Waals surface area contributed by atoms with Crippen LogP contribution < -0.4 is 21.3 Å². The Bertz CT molecular complexity index is 921. The van der Waals surface area contributed by atoms with E-state index in [9.17, 15) is 27.6 Å². The SMILES string of the molecule is CC(C)COC(=O)CCNC(=O)N[C@H]1CCN(c2ccc(C(=N)N)cc2)C1=O.O=C(O)C(F)(F)F. The Labute approximate surface area is 199 Å². The third kappa shape index (κ3) is 10.3. The zero-order valence-corrected chi connectivity index (χ0v) is 19.1. The molecular weight excluding hydrogens is 475 g/mol. The number of carbonyl (C=O) groups excluding carboxylic acids is 3. The number of alkyl halides is 3. The van der Waals surface area contributed by atoms with Gasteiger partial charge in [0.15, 0.2) is 0 Å². The van der Waals surface area contributed by atoms with Crippen LogP contribution in [0.25, 0.3) is 0 Å². The van der Waals surface area contributed by atoms with Crippen molar-refractivity contribution in [1.29, 1.82) is 5.41 Å². The fraction of sp³-hybridized carbons (Fsp3) is 0.476. The summed E-state index contributed by atoms with van der Waals surface area (Å²) in [6.07, 6.45) is -4.52. The molecule has 1 fully saturated rings. The number of hydrogen-bond acceptors (Lipinski definition) is 6. The number of halogens is 3. The molecule has 6 N–H and O–H groups in total. The number of urea groups is 1. The van der Waals surface area contributed by atoms with Crippen molar-refractivity contribution in [2.75, 3.05) is 24.6 Å². The minimum Gasteiger partial charge on any atom is -0.475 e. The number of nitrogen functional groups attached to an aromatic ring is 1. The molecule has 0 unspecified atom stereocenters. The fourth-order valence-electron chi connectivity index (χ4n) is 2.71. The first-order valence-corrected chi connectivity index (χ1v) is 10.5. The molecule has 0 saturated carbocycles. The first-order valence-electron chi connectivity index (χ1n) is 10.5. The highest BCUT2D eigenvalue weighted by Crippen LogP contribution is 2.22. The first-order chi connectivity index (χ1) is 16.2. The summed E-state index contributed by atoms with van der Waals surface area (Å²) in [6.45, 7) is 4.85. The summed E-state index contributed by atoms with van der Waals surface area (Å²) in [6, 6.07) is 5.68.